The van der Waals surface area contributed by atoms with Crippen LogP contribution in [0, 0.1) is 11.2 Å². The number of imidazole rings is 1. The highest BCUT2D eigenvalue weighted by Crippen LogP contribution is 2.36. The SMILES string of the molecule is COCC(C)(C)CN(C)c1cc(-c2cc(F)cc(C(F)(F)F)c2)nc2nc(-c3cnc(N4CCN(CCC(=O)O)CC4)cn3)[nH]c12.Cl.Cl.Cl. The van der Waals surface area contributed by atoms with Gasteiger partial charge in [-0.25, -0.2) is 24.3 Å². The summed E-state index contributed by atoms with van der Waals surface area (Å²) < 4.78 is 60.4. The molecule has 1 aromatic carbocycles. The van der Waals surface area contributed by atoms with Gasteiger partial charge in [-0.15, -0.1) is 37.2 Å². The second-order valence-electron chi connectivity index (χ2n) is 12.2. The monoisotopic (exact) mass is 752 g/mol. The quantitative estimate of drug-likeness (QED) is 0.171. The number of ether oxygens (including phenoxy) is 1. The molecule has 11 nitrogen and oxygen atoms in total. The van der Waals surface area contributed by atoms with Gasteiger partial charge < -0.3 is 24.6 Å². The highest BCUT2D eigenvalue weighted by molar-refractivity contribution is 5.91. The topological polar surface area (TPSA) is 124 Å². The number of alkyl halides is 3. The van der Waals surface area contributed by atoms with Gasteiger partial charge in [-0.1, -0.05) is 13.8 Å². The molecule has 18 heteroatoms. The van der Waals surface area contributed by atoms with E-state index >= 15 is 0 Å². The molecule has 0 unspecified atom stereocenters. The van der Waals surface area contributed by atoms with Gasteiger partial charge >= 0.3 is 12.1 Å². The van der Waals surface area contributed by atoms with Gasteiger partial charge in [0.1, 0.15) is 22.8 Å². The molecule has 0 bridgehead atoms. The van der Waals surface area contributed by atoms with Crippen LogP contribution in [0.4, 0.5) is 29.1 Å². The Morgan fingerprint density at radius 1 is 1.00 bits per heavy atom. The Hall–Kier alpha value is -3.50. The van der Waals surface area contributed by atoms with E-state index in [-0.39, 0.29) is 66.0 Å². The number of hydrogen-bond acceptors (Lipinski definition) is 9. The molecule has 0 radical (unpaired) electrons. The minimum absolute atomic E-state index is 0. The molecule has 1 fully saturated rings. The number of pyridine rings is 1. The second kappa shape index (κ2) is 16.9. The van der Waals surface area contributed by atoms with Crippen LogP contribution in [0.5, 0.6) is 0 Å². The molecule has 0 aliphatic carbocycles. The highest BCUT2D eigenvalue weighted by atomic mass is 35.5. The lowest BCUT2D eigenvalue weighted by Crippen LogP contribution is -2.47. The maximum atomic E-state index is 14.4. The van der Waals surface area contributed by atoms with Crippen molar-refractivity contribution in [3.63, 3.8) is 0 Å². The molecular weight excluding hydrogens is 715 g/mol. The lowest BCUT2D eigenvalue weighted by molar-refractivity contribution is -0.138. The first-order valence-corrected chi connectivity index (χ1v) is 14.7. The number of aromatic nitrogens is 5. The summed E-state index contributed by atoms with van der Waals surface area (Å²) in [6.45, 7) is 8.31. The summed E-state index contributed by atoms with van der Waals surface area (Å²) in [6, 6.07) is 3.97. The summed E-state index contributed by atoms with van der Waals surface area (Å²) in [5.41, 5.74) is 0.495. The van der Waals surface area contributed by atoms with Crippen molar-refractivity contribution in [3.8, 4) is 22.8 Å². The number of carboxylic acids is 1. The molecule has 5 rings (SSSR count). The number of methoxy groups -OCH3 is 1. The lowest BCUT2D eigenvalue weighted by Gasteiger charge is -2.34. The molecule has 4 heterocycles. The van der Waals surface area contributed by atoms with Gasteiger partial charge in [0, 0.05) is 64.4 Å². The number of carbonyl (C=O) groups is 1. The van der Waals surface area contributed by atoms with E-state index < -0.39 is 23.5 Å². The highest BCUT2D eigenvalue weighted by Gasteiger charge is 2.32. The van der Waals surface area contributed by atoms with Gasteiger partial charge in [-0.2, -0.15) is 13.2 Å². The van der Waals surface area contributed by atoms with Crippen LogP contribution in [0.15, 0.2) is 36.7 Å². The van der Waals surface area contributed by atoms with E-state index in [4.69, 9.17) is 9.84 Å². The van der Waals surface area contributed by atoms with Crippen LogP contribution in [0.25, 0.3) is 33.9 Å². The standard InChI is InChI=1S/C31H36F4N8O3.3ClH/c1-30(2,18-46-4)17-41(3)24-14-22(19-11-20(31(33,34)35)13-21(32)12-19)38-29-27(24)39-28(40-29)23-15-37-25(16-36-23)43-9-7-42(8-10-43)6-5-26(44)45;;;/h11-16H,5-10,17-18H2,1-4H3,(H,44,45)(H,38,39,40);3*1H. The molecule has 0 spiro atoms. The Balaban J connectivity index is 0.00000278. The Bertz CT molecular complexity index is 1700. The summed E-state index contributed by atoms with van der Waals surface area (Å²) in [7, 11) is 3.46. The number of aliphatic carboxylic acids is 1. The third-order valence-corrected chi connectivity index (χ3v) is 7.79. The van der Waals surface area contributed by atoms with E-state index in [0.29, 0.717) is 80.5 Å². The molecule has 49 heavy (non-hydrogen) atoms. The van der Waals surface area contributed by atoms with Gasteiger partial charge in [0.25, 0.3) is 0 Å². The third kappa shape index (κ3) is 10.3. The first kappa shape index (κ1) is 41.7. The summed E-state index contributed by atoms with van der Waals surface area (Å²) in [6.07, 6.45) is -1.41. The number of piperazine rings is 1. The number of hydrogen-bond donors (Lipinski definition) is 2. The van der Waals surface area contributed by atoms with Gasteiger partial charge in [0.15, 0.2) is 11.5 Å². The average Bonchev–Trinajstić information content (AvgIpc) is 3.43. The lowest BCUT2D eigenvalue weighted by atomic mass is 9.94. The van der Waals surface area contributed by atoms with E-state index in [1.807, 2.05) is 25.8 Å². The van der Waals surface area contributed by atoms with Gasteiger partial charge in [0.2, 0.25) is 0 Å². The van der Waals surface area contributed by atoms with Crippen LogP contribution in [-0.2, 0) is 15.7 Å². The fraction of sp³-hybridized carbons (Fsp3) is 0.452. The Morgan fingerprint density at radius 2 is 1.69 bits per heavy atom. The van der Waals surface area contributed by atoms with Crippen molar-refractivity contribution in [3.05, 3.63) is 48.0 Å². The maximum absolute atomic E-state index is 14.4. The number of anilines is 2. The van der Waals surface area contributed by atoms with Gasteiger partial charge in [0.05, 0.1) is 42.4 Å². The van der Waals surface area contributed by atoms with Crippen LogP contribution in [0.2, 0.25) is 0 Å². The minimum Gasteiger partial charge on any atom is -0.481 e. The average molecular weight is 754 g/mol. The number of nitrogens with one attached hydrogen (secondary N) is 1. The summed E-state index contributed by atoms with van der Waals surface area (Å²) in [4.78, 5) is 38.5. The third-order valence-electron chi connectivity index (χ3n) is 7.79. The smallest absolute Gasteiger partial charge is 0.416 e. The number of rotatable bonds is 11. The fourth-order valence-electron chi connectivity index (χ4n) is 5.67. The van der Waals surface area contributed by atoms with Crippen LogP contribution in [0.3, 0.4) is 0 Å². The molecule has 3 aromatic heterocycles. The molecule has 0 atom stereocenters. The molecule has 0 amide bonds. The summed E-state index contributed by atoms with van der Waals surface area (Å²) >= 11 is 0. The number of halogens is 7. The molecule has 4 aromatic rings. The number of carboxylic acid groups (broad SMARTS) is 1. The van der Waals surface area contributed by atoms with Crippen LogP contribution in [0.1, 0.15) is 25.8 Å². The number of nitrogens with zero attached hydrogens (tertiary/aromatic N) is 7. The predicted octanol–water partition coefficient (Wildman–Crippen LogP) is 6.21. The molecule has 270 valence electrons. The van der Waals surface area contributed by atoms with Crippen LogP contribution < -0.4 is 9.80 Å². The van der Waals surface area contributed by atoms with Gasteiger partial charge in [-0.05, 0) is 24.3 Å². The molecule has 1 saturated heterocycles. The van der Waals surface area contributed by atoms with Crippen molar-refractivity contribution < 1.29 is 32.2 Å². The van der Waals surface area contributed by atoms with E-state index in [0.717, 1.165) is 12.1 Å². The zero-order valence-electron chi connectivity index (χ0n) is 27.3. The molecule has 0 saturated carbocycles. The van der Waals surface area contributed by atoms with Crippen molar-refractivity contribution in [1.82, 2.24) is 29.8 Å². The first-order valence-electron chi connectivity index (χ1n) is 14.7. The van der Waals surface area contributed by atoms with Gasteiger partial charge in [-0.3, -0.25) is 9.69 Å². The Kier molecular flexibility index (Phi) is 14.4. The van der Waals surface area contributed by atoms with Crippen molar-refractivity contribution in [1.29, 1.82) is 0 Å². The van der Waals surface area contributed by atoms with Crippen molar-refractivity contribution in [2.75, 3.05) is 69.8 Å². The molecular formula is C31H39Cl3F4N8O3. The number of benzene rings is 1. The van der Waals surface area contributed by atoms with Crippen molar-refractivity contribution >= 4 is 65.9 Å². The van der Waals surface area contributed by atoms with E-state index in [2.05, 4.69) is 34.7 Å². The summed E-state index contributed by atoms with van der Waals surface area (Å²) in [5, 5.41) is 8.93. The zero-order chi connectivity index (χ0) is 33.2. The largest absolute Gasteiger partial charge is 0.481 e. The second-order valence-corrected chi connectivity index (χ2v) is 12.2. The summed E-state index contributed by atoms with van der Waals surface area (Å²) in [5.74, 6) is -0.814. The normalized spacial score (nSPS) is 13.8. The van der Waals surface area contributed by atoms with E-state index in [1.54, 1.807) is 25.6 Å². The Labute approximate surface area is 299 Å². The van der Waals surface area contributed by atoms with Crippen LogP contribution >= 0.6 is 37.2 Å². The van der Waals surface area contributed by atoms with Crippen LogP contribution in [-0.4, -0.2) is 101 Å². The number of aromatic amines is 1. The maximum Gasteiger partial charge on any atom is 0.416 e. The molecule has 1 aliphatic heterocycles. The van der Waals surface area contributed by atoms with E-state index in [1.165, 1.54) is 0 Å². The predicted molar refractivity (Wildman–Crippen MR) is 187 cm³/mol. The Morgan fingerprint density at radius 3 is 2.29 bits per heavy atom. The number of fused-ring (bicyclic) bond motifs is 1. The fourth-order valence-corrected chi connectivity index (χ4v) is 5.67. The molecule has 2 N–H and O–H groups in total. The van der Waals surface area contributed by atoms with Crippen molar-refractivity contribution in [2.24, 2.45) is 5.41 Å². The zero-order valence-corrected chi connectivity index (χ0v) is 29.7. The number of H-pyrrole nitrogens is 1. The minimum atomic E-state index is -4.73. The van der Waals surface area contributed by atoms with E-state index in [9.17, 15) is 22.4 Å². The molecule has 1 aliphatic rings. The first-order chi connectivity index (χ1) is 21.7. The van der Waals surface area contributed by atoms with Crippen molar-refractivity contribution in [2.45, 2.75) is 26.4 Å².